The van der Waals surface area contributed by atoms with Crippen molar-refractivity contribution in [3.8, 4) is 17.3 Å². The first-order valence-corrected chi connectivity index (χ1v) is 6.85. The van der Waals surface area contributed by atoms with Crippen molar-refractivity contribution in [3.63, 3.8) is 0 Å². The number of aromatic carboxylic acids is 1. The molecule has 1 aliphatic carbocycles. The van der Waals surface area contributed by atoms with E-state index in [4.69, 9.17) is 5.26 Å². The number of nitriles is 1. The van der Waals surface area contributed by atoms with E-state index in [1.54, 1.807) is 24.3 Å². The third kappa shape index (κ3) is 2.50. The first-order valence-electron chi connectivity index (χ1n) is 6.85. The number of benzene rings is 1. The van der Waals surface area contributed by atoms with E-state index >= 15 is 0 Å². The highest BCUT2D eigenvalue weighted by molar-refractivity contribution is 5.95. The first kappa shape index (κ1) is 13.3. The molecule has 4 nitrogen and oxygen atoms in total. The molecule has 4 heteroatoms. The Morgan fingerprint density at radius 2 is 2.10 bits per heavy atom. The molecular weight excluding hydrogens is 264 g/mol. The summed E-state index contributed by atoms with van der Waals surface area (Å²) in [5.41, 5.74) is 3.79. The van der Waals surface area contributed by atoms with Crippen molar-refractivity contribution in [2.45, 2.75) is 25.7 Å². The van der Waals surface area contributed by atoms with Crippen molar-refractivity contribution in [1.82, 2.24) is 4.98 Å². The van der Waals surface area contributed by atoms with Gasteiger partial charge in [-0.15, -0.1) is 0 Å². The molecule has 1 aliphatic rings. The van der Waals surface area contributed by atoms with E-state index in [-0.39, 0.29) is 5.56 Å². The second-order valence-electron chi connectivity index (χ2n) is 5.34. The van der Waals surface area contributed by atoms with Crippen LogP contribution in [-0.2, 0) is 0 Å². The van der Waals surface area contributed by atoms with Crippen LogP contribution in [0.4, 0.5) is 0 Å². The van der Waals surface area contributed by atoms with Crippen LogP contribution in [0.1, 0.15) is 45.9 Å². The minimum Gasteiger partial charge on any atom is -0.478 e. The standard InChI is InChI=1S/C17H14N2O2/c1-10-2-6-14(17(20)21)16(19-10)15-8-11(9-18)3-7-13(15)12-4-5-12/h2-3,6-8,12H,4-5H2,1H3,(H,20,21). The summed E-state index contributed by atoms with van der Waals surface area (Å²) in [6.07, 6.45) is 2.21. The van der Waals surface area contributed by atoms with Crippen LogP contribution in [0.15, 0.2) is 30.3 Å². The Bertz CT molecular complexity index is 771. The highest BCUT2D eigenvalue weighted by Gasteiger charge is 2.28. The van der Waals surface area contributed by atoms with Gasteiger partial charge < -0.3 is 5.11 Å². The molecule has 0 radical (unpaired) electrons. The average molecular weight is 278 g/mol. The number of carboxylic acids is 1. The van der Waals surface area contributed by atoms with Crippen LogP contribution in [0, 0.1) is 18.3 Å². The van der Waals surface area contributed by atoms with Crippen molar-refractivity contribution < 1.29 is 9.90 Å². The zero-order valence-electron chi connectivity index (χ0n) is 11.6. The van der Waals surface area contributed by atoms with Crippen molar-refractivity contribution in [2.75, 3.05) is 0 Å². The van der Waals surface area contributed by atoms with Gasteiger partial charge in [0, 0.05) is 11.3 Å². The fourth-order valence-corrected chi connectivity index (χ4v) is 2.52. The third-order valence-corrected chi connectivity index (χ3v) is 3.72. The summed E-state index contributed by atoms with van der Waals surface area (Å²) >= 11 is 0. The molecule has 3 rings (SSSR count). The maximum Gasteiger partial charge on any atom is 0.337 e. The summed E-state index contributed by atoms with van der Waals surface area (Å²) in [6.45, 7) is 1.83. The van der Waals surface area contributed by atoms with E-state index in [0.717, 1.165) is 29.7 Å². The summed E-state index contributed by atoms with van der Waals surface area (Å²) in [6, 6.07) is 10.9. The predicted octanol–water partition coefficient (Wildman–Crippen LogP) is 3.50. The number of aryl methyl sites for hydroxylation is 1. The smallest absolute Gasteiger partial charge is 0.337 e. The van der Waals surface area contributed by atoms with Gasteiger partial charge in [0.15, 0.2) is 0 Å². The van der Waals surface area contributed by atoms with Gasteiger partial charge in [0.05, 0.1) is 22.9 Å². The Labute approximate surface area is 122 Å². The monoisotopic (exact) mass is 278 g/mol. The van der Waals surface area contributed by atoms with Crippen LogP contribution in [0.25, 0.3) is 11.3 Å². The minimum absolute atomic E-state index is 0.178. The number of nitrogens with zero attached hydrogens (tertiary/aromatic N) is 2. The zero-order chi connectivity index (χ0) is 15.0. The first-order chi connectivity index (χ1) is 10.1. The maximum atomic E-state index is 11.5. The van der Waals surface area contributed by atoms with Gasteiger partial charge in [0.25, 0.3) is 0 Å². The molecule has 1 heterocycles. The second-order valence-corrected chi connectivity index (χ2v) is 5.34. The quantitative estimate of drug-likeness (QED) is 0.932. The molecule has 0 spiro atoms. The second kappa shape index (κ2) is 5.02. The highest BCUT2D eigenvalue weighted by Crippen LogP contribution is 2.44. The molecule has 21 heavy (non-hydrogen) atoms. The van der Waals surface area contributed by atoms with Crippen LogP contribution in [0.2, 0.25) is 0 Å². The van der Waals surface area contributed by atoms with E-state index < -0.39 is 5.97 Å². The number of hydrogen-bond acceptors (Lipinski definition) is 3. The topological polar surface area (TPSA) is 74.0 Å². The minimum atomic E-state index is -0.999. The Balaban J connectivity index is 2.26. The van der Waals surface area contributed by atoms with E-state index in [1.165, 1.54) is 0 Å². The molecule has 0 atom stereocenters. The molecule has 1 saturated carbocycles. The molecule has 1 N–H and O–H groups in total. The fraction of sp³-hybridized carbons (Fsp3) is 0.235. The molecule has 0 saturated heterocycles. The Morgan fingerprint density at radius 3 is 2.71 bits per heavy atom. The molecule has 0 unspecified atom stereocenters. The van der Waals surface area contributed by atoms with E-state index in [0.29, 0.717) is 17.2 Å². The van der Waals surface area contributed by atoms with Crippen molar-refractivity contribution in [3.05, 3.63) is 52.7 Å². The summed E-state index contributed by atoms with van der Waals surface area (Å²) in [7, 11) is 0. The van der Waals surface area contributed by atoms with Crippen LogP contribution >= 0.6 is 0 Å². The van der Waals surface area contributed by atoms with Crippen LogP contribution in [0.5, 0.6) is 0 Å². The number of rotatable bonds is 3. The van der Waals surface area contributed by atoms with E-state index in [2.05, 4.69) is 11.1 Å². The third-order valence-electron chi connectivity index (χ3n) is 3.72. The van der Waals surface area contributed by atoms with Gasteiger partial charge in [-0.2, -0.15) is 5.26 Å². The number of carbonyl (C=O) groups is 1. The number of carboxylic acid groups (broad SMARTS) is 1. The molecular formula is C17H14N2O2. The molecule has 0 bridgehead atoms. The Morgan fingerprint density at radius 1 is 1.33 bits per heavy atom. The van der Waals surface area contributed by atoms with Gasteiger partial charge in [-0.3, -0.25) is 4.98 Å². The van der Waals surface area contributed by atoms with Crippen LogP contribution in [0.3, 0.4) is 0 Å². The molecule has 0 aliphatic heterocycles. The zero-order valence-corrected chi connectivity index (χ0v) is 11.6. The molecule has 0 amide bonds. The fourth-order valence-electron chi connectivity index (χ4n) is 2.52. The number of pyridine rings is 1. The normalized spacial score (nSPS) is 13.7. The summed E-state index contributed by atoms with van der Waals surface area (Å²) in [5, 5.41) is 18.5. The van der Waals surface area contributed by atoms with Gasteiger partial charge in [-0.25, -0.2) is 4.79 Å². The molecule has 2 aromatic rings. The lowest BCUT2D eigenvalue weighted by molar-refractivity contribution is 0.0697. The number of hydrogen-bond donors (Lipinski definition) is 1. The van der Waals surface area contributed by atoms with Crippen LogP contribution in [-0.4, -0.2) is 16.1 Å². The van der Waals surface area contributed by atoms with Gasteiger partial charge in [-0.1, -0.05) is 6.07 Å². The average Bonchev–Trinajstić information content (AvgIpc) is 3.30. The molecule has 1 fully saturated rings. The van der Waals surface area contributed by atoms with Crippen molar-refractivity contribution >= 4 is 5.97 Å². The predicted molar refractivity (Wildman–Crippen MR) is 78.1 cm³/mol. The van der Waals surface area contributed by atoms with Crippen molar-refractivity contribution in [2.24, 2.45) is 0 Å². The van der Waals surface area contributed by atoms with Gasteiger partial charge >= 0.3 is 5.97 Å². The lowest BCUT2D eigenvalue weighted by Gasteiger charge is -2.12. The summed E-state index contributed by atoms with van der Waals surface area (Å²) in [4.78, 5) is 15.9. The largest absolute Gasteiger partial charge is 0.478 e. The van der Waals surface area contributed by atoms with Gasteiger partial charge in [0.2, 0.25) is 0 Å². The molecule has 1 aromatic carbocycles. The number of aromatic nitrogens is 1. The van der Waals surface area contributed by atoms with E-state index in [9.17, 15) is 9.90 Å². The molecule has 1 aromatic heterocycles. The highest BCUT2D eigenvalue weighted by atomic mass is 16.4. The Kier molecular flexibility index (Phi) is 3.19. The van der Waals surface area contributed by atoms with Crippen LogP contribution < -0.4 is 0 Å². The lowest BCUT2D eigenvalue weighted by atomic mass is 9.95. The lowest BCUT2D eigenvalue weighted by Crippen LogP contribution is -2.04. The Hall–Kier alpha value is -2.67. The van der Waals surface area contributed by atoms with Crippen molar-refractivity contribution in [1.29, 1.82) is 5.26 Å². The maximum absolute atomic E-state index is 11.5. The van der Waals surface area contributed by atoms with Gasteiger partial charge in [0.1, 0.15) is 0 Å². The SMILES string of the molecule is Cc1ccc(C(=O)O)c(-c2cc(C#N)ccc2C2CC2)n1. The summed E-state index contributed by atoms with van der Waals surface area (Å²) < 4.78 is 0. The molecule has 104 valence electrons. The van der Waals surface area contributed by atoms with Gasteiger partial charge in [-0.05, 0) is 55.5 Å². The van der Waals surface area contributed by atoms with E-state index in [1.807, 2.05) is 13.0 Å². The summed E-state index contributed by atoms with van der Waals surface area (Å²) in [5.74, 6) is -0.543.